The molecule has 1 aliphatic rings. The summed E-state index contributed by atoms with van der Waals surface area (Å²) in [4.78, 5) is 14.6. The number of amides is 1. The number of hydrogen-bond acceptors (Lipinski definition) is 1. The third-order valence-corrected chi connectivity index (χ3v) is 3.88. The zero-order chi connectivity index (χ0) is 13.9. The van der Waals surface area contributed by atoms with Gasteiger partial charge in [0, 0.05) is 18.2 Å². The highest BCUT2D eigenvalue weighted by Gasteiger charge is 2.40. The Morgan fingerprint density at radius 3 is 2.20 bits per heavy atom. The molecule has 0 aromatic heterocycles. The number of anilines is 1. The molecule has 20 heavy (non-hydrogen) atoms. The number of para-hydroxylation sites is 1. The SMILES string of the molecule is C=CC1CN(c2ccccc2)C(=O)C1c1ccccc1. The van der Waals surface area contributed by atoms with Crippen molar-refractivity contribution in [2.45, 2.75) is 5.92 Å². The van der Waals surface area contributed by atoms with Crippen molar-refractivity contribution in [1.29, 1.82) is 0 Å². The summed E-state index contributed by atoms with van der Waals surface area (Å²) in [7, 11) is 0. The van der Waals surface area contributed by atoms with Gasteiger partial charge in [-0.25, -0.2) is 0 Å². The smallest absolute Gasteiger partial charge is 0.235 e. The van der Waals surface area contributed by atoms with Crippen molar-refractivity contribution in [1.82, 2.24) is 0 Å². The highest BCUT2D eigenvalue weighted by Crippen LogP contribution is 2.36. The molecule has 0 N–H and O–H groups in total. The molecule has 1 aliphatic heterocycles. The van der Waals surface area contributed by atoms with E-state index in [1.807, 2.05) is 71.6 Å². The molecule has 2 aromatic carbocycles. The van der Waals surface area contributed by atoms with Crippen LogP contribution in [0.2, 0.25) is 0 Å². The minimum Gasteiger partial charge on any atom is -0.311 e. The van der Waals surface area contributed by atoms with Crippen molar-refractivity contribution in [3.63, 3.8) is 0 Å². The van der Waals surface area contributed by atoms with Crippen molar-refractivity contribution in [2.75, 3.05) is 11.4 Å². The number of benzene rings is 2. The maximum atomic E-state index is 12.8. The molecule has 0 radical (unpaired) electrons. The fourth-order valence-electron chi connectivity index (χ4n) is 2.86. The van der Waals surface area contributed by atoms with Crippen molar-refractivity contribution >= 4 is 11.6 Å². The van der Waals surface area contributed by atoms with Gasteiger partial charge < -0.3 is 4.90 Å². The summed E-state index contributed by atoms with van der Waals surface area (Å²) >= 11 is 0. The van der Waals surface area contributed by atoms with E-state index >= 15 is 0 Å². The van der Waals surface area contributed by atoms with Crippen LogP contribution in [0.15, 0.2) is 73.3 Å². The van der Waals surface area contributed by atoms with Gasteiger partial charge in [0.05, 0.1) is 5.92 Å². The Kier molecular flexibility index (Phi) is 3.38. The molecule has 2 atom stereocenters. The highest BCUT2D eigenvalue weighted by molar-refractivity contribution is 6.01. The molecular weight excluding hydrogens is 246 g/mol. The molecule has 2 unspecified atom stereocenters. The predicted molar refractivity (Wildman–Crippen MR) is 81.7 cm³/mol. The molecule has 0 aliphatic carbocycles. The first-order chi connectivity index (χ1) is 9.81. The molecule has 2 heteroatoms. The summed E-state index contributed by atoms with van der Waals surface area (Å²) in [5.41, 5.74) is 2.03. The third kappa shape index (κ3) is 2.14. The van der Waals surface area contributed by atoms with E-state index in [0.29, 0.717) is 6.54 Å². The molecule has 1 amide bonds. The van der Waals surface area contributed by atoms with Gasteiger partial charge in [-0.1, -0.05) is 54.6 Å². The van der Waals surface area contributed by atoms with Gasteiger partial charge in [-0.3, -0.25) is 4.79 Å². The van der Waals surface area contributed by atoms with Gasteiger partial charge in [-0.05, 0) is 17.7 Å². The van der Waals surface area contributed by atoms with Crippen LogP contribution >= 0.6 is 0 Å². The topological polar surface area (TPSA) is 20.3 Å². The van der Waals surface area contributed by atoms with Crippen molar-refractivity contribution in [2.24, 2.45) is 5.92 Å². The first kappa shape index (κ1) is 12.7. The lowest BCUT2D eigenvalue weighted by Gasteiger charge is -2.16. The lowest BCUT2D eigenvalue weighted by molar-refractivity contribution is -0.118. The van der Waals surface area contributed by atoms with Crippen LogP contribution in [0.4, 0.5) is 5.69 Å². The van der Waals surface area contributed by atoms with Crippen LogP contribution in [-0.2, 0) is 4.79 Å². The van der Waals surface area contributed by atoms with Gasteiger partial charge in [-0.15, -0.1) is 6.58 Å². The second kappa shape index (κ2) is 5.33. The fraction of sp³-hybridized carbons (Fsp3) is 0.167. The monoisotopic (exact) mass is 263 g/mol. The number of nitrogens with zero attached hydrogens (tertiary/aromatic N) is 1. The summed E-state index contributed by atoms with van der Waals surface area (Å²) in [6.07, 6.45) is 1.90. The average molecular weight is 263 g/mol. The Morgan fingerprint density at radius 2 is 1.60 bits per heavy atom. The molecule has 0 spiro atoms. The molecule has 100 valence electrons. The van der Waals surface area contributed by atoms with Crippen LogP contribution in [0.3, 0.4) is 0 Å². The summed E-state index contributed by atoms with van der Waals surface area (Å²) in [6.45, 7) is 4.60. The van der Waals surface area contributed by atoms with E-state index in [9.17, 15) is 4.79 Å². The zero-order valence-electron chi connectivity index (χ0n) is 11.3. The summed E-state index contributed by atoms with van der Waals surface area (Å²) in [5.74, 6) is 0.200. The normalized spacial score (nSPS) is 22.0. The van der Waals surface area contributed by atoms with Crippen LogP contribution in [0.5, 0.6) is 0 Å². The number of hydrogen-bond donors (Lipinski definition) is 0. The van der Waals surface area contributed by atoms with Crippen LogP contribution < -0.4 is 4.90 Å². The average Bonchev–Trinajstić information content (AvgIpc) is 2.86. The Bertz CT molecular complexity index is 606. The highest BCUT2D eigenvalue weighted by atomic mass is 16.2. The van der Waals surface area contributed by atoms with E-state index in [2.05, 4.69) is 6.58 Å². The minimum absolute atomic E-state index is 0.117. The Morgan fingerprint density at radius 1 is 1.00 bits per heavy atom. The number of carbonyl (C=O) groups excluding carboxylic acids is 1. The van der Waals surface area contributed by atoms with E-state index in [0.717, 1.165) is 11.3 Å². The van der Waals surface area contributed by atoms with Crippen molar-refractivity contribution in [3.8, 4) is 0 Å². The predicted octanol–water partition coefficient (Wildman–Crippen LogP) is 3.62. The third-order valence-electron chi connectivity index (χ3n) is 3.88. The van der Waals surface area contributed by atoms with E-state index in [4.69, 9.17) is 0 Å². The van der Waals surface area contributed by atoms with Gasteiger partial charge in [-0.2, -0.15) is 0 Å². The van der Waals surface area contributed by atoms with Gasteiger partial charge in [0.25, 0.3) is 0 Å². The van der Waals surface area contributed by atoms with Crippen molar-refractivity contribution < 1.29 is 4.79 Å². The first-order valence-electron chi connectivity index (χ1n) is 6.85. The summed E-state index contributed by atoms with van der Waals surface area (Å²) in [6, 6.07) is 19.8. The molecule has 1 heterocycles. The van der Waals surface area contributed by atoms with Crippen molar-refractivity contribution in [3.05, 3.63) is 78.9 Å². The summed E-state index contributed by atoms with van der Waals surface area (Å²) < 4.78 is 0. The standard InChI is InChI=1S/C18H17NO/c1-2-14-13-19(16-11-7-4-8-12-16)18(20)17(14)15-9-5-3-6-10-15/h2-12,14,17H,1,13H2. The lowest BCUT2D eigenvalue weighted by atomic mass is 9.89. The maximum absolute atomic E-state index is 12.8. The zero-order valence-corrected chi connectivity index (χ0v) is 11.3. The van der Waals surface area contributed by atoms with Gasteiger partial charge >= 0.3 is 0 Å². The Hall–Kier alpha value is -2.35. The second-order valence-electron chi connectivity index (χ2n) is 5.07. The molecular formula is C18H17NO. The van der Waals surface area contributed by atoms with E-state index in [1.54, 1.807) is 0 Å². The largest absolute Gasteiger partial charge is 0.311 e. The van der Waals surface area contributed by atoms with E-state index in [1.165, 1.54) is 0 Å². The van der Waals surface area contributed by atoms with E-state index in [-0.39, 0.29) is 17.7 Å². The molecule has 2 nitrogen and oxygen atoms in total. The number of carbonyl (C=O) groups is 1. The minimum atomic E-state index is -0.117. The molecule has 0 bridgehead atoms. The quantitative estimate of drug-likeness (QED) is 0.774. The molecule has 3 rings (SSSR count). The molecule has 1 fully saturated rings. The summed E-state index contributed by atoms with van der Waals surface area (Å²) in [5, 5.41) is 0. The van der Waals surface area contributed by atoms with E-state index < -0.39 is 0 Å². The first-order valence-corrected chi connectivity index (χ1v) is 6.85. The lowest BCUT2D eigenvalue weighted by Crippen LogP contribution is -2.26. The Labute approximate surface area is 119 Å². The van der Waals surface area contributed by atoms with Gasteiger partial charge in [0.1, 0.15) is 0 Å². The fourth-order valence-corrected chi connectivity index (χ4v) is 2.86. The Balaban J connectivity index is 1.96. The molecule has 2 aromatic rings. The van der Waals surface area contributed by atoms with Crippen LogP contribution in [0, 0.1) is 5.92 Å². The van der Waals surface area contributed by atoms with Gasteiger partial charge in [0.15, 0.2) is 0 Å². The maximum Gasteiger partial charge on any atom is 0.235 e. The van der Waals surface area contributed by atoms with Crippen LogP contribution in [-0.4, -0.2) is 12.5 Å². The van der Waals surface area contributed by atoms with Gasteiger partial charge in [0.2, 0.25) is 5.91 Å². The second-order valence-corrected chi connectivity index (χ2v) is 5.07. The number of rotatable bonds is 3. The molecule has 1 saturated heterocycles. The van der Waals surface area contributed by atoms with Crippen LogP contribution in [0.25, 0.3) is 0 Å². The van der Waals surface area contributed by atoms with Crippen LogP contribution in [0.1, 0.15) is 11.5 Å². The molecule has 0 saturated carbocycles.